The molecule has 1 aromatic carbocycles. The van der Waals surface area contributed by atoms with Gasteiger partial charge in [0.15, 0.2) is 16.4 Å². The van der Waals surface area contributed by atoms with Crippen LogP contribution in [0.25, 0.3) is 21.7 Å². The van der Waals surface area contributed by atoms with Gasteiger partial charge in [0, 0.05) is 13.1 Å². The number of hydrogen-bond acceptors (Lipinski definition) is 8. The molecule has 3 aromatic heterocycles. The van der Waals surface area contributed by atoms with Crippen LogP contribution in [0.5, 0.6) is 0 Å². The molecular formula is C23H22N4O4S. The van der Waals surface area contributed by atoms with Gasteiger partial charge in [-0.25, -0.2) is 14.5 Å². The molecule has 32 heavy (non-hydrogen) atoms. The molecule has 1 aliphatic heterocycles. The molecule has 0 atom stereocenters. The molecule has 9 heteroatoms. The summed E-state index contributed by atoms with van der Waals surface area (Å²) in [5.41, 5.74) is 2.06. The number of furan rings is 1. The van der Waals surface area contributed by atoms with Gasteiger partial charge in [-0.1, -0.05) is 23.5 Å². The van der Waals surface area contributed by atoms with Gasteiger partial charge in [0.05, 0.1) is 30.2 Å². The molecule has 1 fully saturated rings. The van der Waals surface area contributed by atoms with Crippen molar-refractivity contribution in [3.8, 4) is 11.5 Å². The lowest BCUT2D eigenvalue weighted by molar-refractivity contribution is 0.0600. The lowest BCUT2D eigenvalue weighted by Gasteiger charge is -2.25. The number of methoxy groups -OCH3 is 1. The summed E-state index contributed by atoms with van der Waals surface area (Å²) in [6.45, 7) is 2.15. The third kappa shape index (κ3) is 3.80. The van der Waals surface area contributed by atoms with Crippen molar-refractivity contribution in [1.82, 2.24) is 14.8 Å². The number of piperidine rings is 1. The van der Waals surface area contributed by atoms with Crippen LogP contribution >= 0.6 is 11.3 Å². The van der Waals surface area contributed by atoms with E-state index in [0.717, 1.165) is 41.3 Å². The molecule has 1 aliphatic rings. The van der Waals surface area contributed by atoms with Crippen molar-refractivity contribution < 1.29 is 13.9 Å². The number of ether oxygens (including phenoxy) is 1. The number of carbonyl (C=O) groups excluding carboxylic acids is 1. The van der Waals surface area contributed by atoms with E-state index in [4.69, 9.17) is 14.1 Å². The van der Waals surface area contributed by atoms with Crippen LogP contribution in [0.15, 0.2) is 51.9 Å². The zero-order valence-electron chi connectivity index (χ0n) is 17.6. The van der Waals surface area contributed by atoms with E-state index in [1.165, 1.54) is 29.5 Å². The highest BCUT2D eigenvalue weighted by Gasteiger charge is 2.22. The first-order valence-corrected chi connectivity index (χ1v) is 11.3. The molecule has 164 valence electrons. The van der Waals surface area contributed by atoms with Crippen molar-refractivity contribution in [2.75, 3.05) is 25.1 Å². The molecule has 5 rings (SSSR count). The number of esters is 1. The minimum atomic E-state index is -0.402. The lowest BCUT2D eigenvalue weighted by atomic mass is 10.1. The normalized spacial score (nSPS) is 14.1. The van der Waals surface area contributed by atoms with E-state index in [1.807, 2.05) is 6.07 Å². The van der Waals surface area contributed by atoms with Crippen molar-refractivity contribution in [2.45, 2.75) is 25.8 Å². The molecule has 0 spiro atoms. The number of rotatable bonds is 5. The second-order valence-corrected chi connectivity index (χ2v) is 8.68. The fraction of sp³-hybridized carbons (Fsp3) is 0.304. The Balaban J connectivity index is 1.57. The summed E-state index contributed by atoms with van der Waals surface area (Å²) in [6, 6.07) is 10.6. The van der Waals surface area contributed by atoms with Crippen molar-refractivity contribution in [3.05, 3.63) is 64.1 Å². The van der Waals surface area contributed by atoms with Gasteiger partial charge in [0.2, 0.25) is 0 Å². The Hall–Kier alpha value is -3.46. The molecular weight excluding hydrogens is 428 g/mol. The number of anilines is 1. The van der Waals surface area contributed by atoms with Crippen LogP contribution in [0.2, 0.25) is 0 Å². The Labute approximate surface area is 188 Å². The molecule has 4 aromatic rings. The molecule has 0 amide bonds. The monoisotopic (exact) mass is 450 g/mol. The maximum Gasteiger partial charge on any atom is 0.337 e. The van der Waals surface area contributed by atoms with Gasteiger partial charge < -0.3 is 14.1 Å². The van der Waals surface area contributed by atoms with E-state index in [-0.39, 0.29) is 12.1 Å². The fourth-order valence-electron chi connectivity index (χ4n) is 3.89. The Kier molecular flexibility index (Phi) is 5.48. The third-order valence-corrected chi connectivity index (χ3v) is 6.70. The standard InChI is InChI=1S/C23H22N4O4S/c1-30-22(29)16-9-7-15(8-10-16)14-27-21(28)19-20(18(25-27)17-6-5-13-31-17)32-23(24-19)26-11-3-2-4-12-26/h5-10,13H,2-4,11-12,14H2,1H3. The minimum Gasteiger partial charge on any atom is -0.465 e. The number of hydrogen-bond donors (Lipinski definition) is 0. The number of nitrogens with zero attached hydrogens (tertiary/aromatic N) is 4. The first-order chi connectivity index (χ1) is 15.6. The zero-order valence-corrected chi connectivity index (χ0v) is 18.4. The number of benzene rings is 1. The Bertz CT molecular complexity index is 1300. The van der Waals surface area contributed by atoms with Gasteiger partial charge in [-0.15, -0.1) is 0 Å². The maximum atomic E-state index is 13.3. The summed E-state index contributed by atoms with van der Waals surface area (Å²) in [4.78, 5) is 31.9. The summed E-state index contributed by atoms with van der Waals surface area (Å²) < 4.78 is 12.5. The van der Waals surface area contributed by atoms with Crippen molar-refractivity contribution in [3.63, 3.8) is 0 Å². The molecule has 0 unspecified atom stereocenters. The predicted octanol–water partition coefficient (Wildman–Crippen LogP) is 3.94. The molecule has 8 nitrogen and oxygen atoms in total. The number of carbonyl (C=O) groups is 1. The van der Waals surface area contributed by atoms with Crippen molar-refractivity contribution in [1.29, 1.82) is 0 Å². The number of fused-ring (bicyclic) bond motifs is 1. The van der Waals surface area contributed by atoms with E-state index >= 15 is 0 Å². The van der Waals surface area contributed by atoms with E-state index in [1.54, 1.807) is 36.6 Å². The van der Waals surface area contributed by atoms with Crippen LogP contribution in [0, 0.1) is 0 Å². The molecule has 4 heterocycles. The summed E-state index contributed by atoms with van der Waals surface area (Å²) in [7, 11) is 1.34. The minimum absolute atomic E-state index is 0.244. The smallest absolute Gasteiger partial charge is 0.337 e. The highest BCUT2D eigenvalue weighted by atomic mass is 32.1. The second-order valence-electron chi connectivity index (χ2n) is 7.70. The molecule has 0 bridgehead atoms. The van der Waals surface area contributed by atoms with Gasteiger partial charge >= 0.3 is 5.97 Å². The average molecular weight is 451 g/mol. The largest absolute Gasteiger partial charge is 0.465 e. The highest BCUT2D eigenvalue weighted by Crippen LogP contribution is 2.34. The maximum absolute atomic E-state index is 13.3. The first kappa shape index (κ1) is 20.4. The van der Waals surface area contributed by atoms with Gasteiger partial charge in [-0.3, -0.25) is 4.79 Å². The number of aromatic nitrogens is 3. The summed E-state index contributed by atoms with van der Waals surface area (Å²) >= 11 is 1.49. The Morgan fingerprint density at radius 2 is 1.94 bits per heavy atom. The highest BCUT2D eigenvalue weighted by molar-refractivity contribution is 7.22. The molecule has 0 saturated carbocycles. The topological polar surface area (TPSA) is 90.5 Å². The van der Waals surface area contributed by atoms with Gasteiger partial charge in [0.25, 0.3) is 5.56 Å². The van der Waals surface area contributed by atoms with Crippen molar-refractivity contribution in [2.24, 2.45) is 0 Å². The quantitative estimate of drug-likeness (QED) is 0.425. The van der Waals surface area contributed by atoms with E-state index in [9.17, 15) is 9.59 Å². The first-order valence-electron chi connectivity index (χ1n) is 10.5. The SMILES string of the molecule is COC(=O)c1ccc(Cn2nc(-c3ccco3)c3sc(N4CCCCC4)nc3c2=O)cc1. The summed E-state index contributed by atoms with van der Waals surface area (Å²) in [6.07, 6.45) is 5.08. The second kappa shape index (κ2) is 8.58. The van der Waals surface area contributed by atoms with Gasteiger partial charge in [-0.05, 0) is 49.1 Å². The van der Waals surface area contributed by atoms with Gasteiger partial charge in [-0.2, -0.15) is 5.10 Å². The van der Waals surface area contributed by atoms with Crippen LogP contribution in [0.3, 0.4) is 0 Å². The molecule has 0 radical (unpaired) electrons. The predicted molar refractivity (Wildman–Crippen MR) is 122 cm³/mol. The van der Waals surface area contributed by atoms with E-state index in [2.05, 4.69) is 10.00 Å². The van der Waals surface area contributed by atoms with Gasteiger partial charge in [0.1, 0.15) is 5.69 Å². The summed E-state index contributed by atoms with van der Waals surface area (Å²) in [5.74, 6) is 0.194. The van der Waals surface area contributed by atoms with Crippen LogP contribution < -0.4 is 10.5 Å². The summed E-state index contributed by atoms with van der Waals surface area (Å²) in [5, 5.41) is 5.49. The zero-order chi connectivity index (χ0) is 22.1. The van der Waals surface area contributed by atoms with Crippen LogP contribution in [0.1, 0.15) is 35.2 Å². The number of thiazole rings is 1. The van der Waals surface area contributed by atoms with E-state index < -0.39 is 5.97 Å². The van der Waals surface area contributed by atoms with Crippen LogP contribution in [-0.2, 0) is 11.3 Å². The Morgan fingerprint density at radius 1 is 1.16 bits per heavy atom. The third-order valence-electron chi connectivity index (χ3n) is 5.58. The molecule has 0 aliphatic carbocycles. The van der Waals surface area contributed by atoms with Crippen LogP contribution in [0.4, 0.5) is 5.13 Å². The molecule has 1 saturated heterocycles. The molecule has 0 N–H and O–H groups in total. The lowest BCUT2D eigenvalue weighted by Crippen LogP contribution is -2.29. The Morgan fingerprint density at radius 3 is 2.62 bits per heavy atom. The van der Waals surface area contributed by atoms with Crippen LogP contribution in [-0.4, -0.2) is 40.9 Å². The average Bonchev–Trinajstić information content (AvgIpc) is 3.52. The van der Waals surface area contributed by atoms with E-state index in [0.29, 0.717) is 22.5 Å². The fourth-order valence-corrected chi connectivity index (χ4v) is 4.99. The van der Waals surface area contributed by atoms with Crippen molar-refractivity contribution >= 4 is 32.7 Å².